The Labute approximate surface area is 106 Å². The van der Waals surface area contributed by atoms with Gasteiger partial charge in [0.1, 0.15) is 0 Å². The summed E-state index contributed by atoms with van der Waals surface area (Å²) in [6.45, 7) is 2.54. The van der Waals surface area contributed by atoms with Crippen LogP contribution in [-0.4, -0.2) is 17.7 Å². The van der Waals surface area contributed by atoms with Gasteiger partial charge in [-0.05, 0) is 36.5 Å². The number of hydrogen-bond acceptors (Lipinski definition) is 2. The van der Waals surface area contributed by atoms with Crippen molar-refractivity contribution in [3.05, 3.63) is 35.4 Å². The number of rotatable bonds is 6. The van der Waals surface area contributed by atoms with Crippen molar-refractivity contribution in [3.63, 3.8) is 0 Å². The van der Waals surface area contributed by atoms with Crippen LogP contribution in [0.3, 0.4) is 0 Å². The molecule has 1 saturated carbocycles. The maximum absolute atomic E-state index is 13.0. The number of benzene rings is 1. The molecule has 1 fully saturated rings. The average Bonchev–Trinajstić information content (AvgIpc) is 3.09. The van der Waals surface area contributed by atoms with Gasteiger partial charge in [0.25, 0.3) is 0 Å². The van der Waals surface area contributed by atoms with Crippen molar-refractivity contribution in [3.8, 4) is 0 Å². The Balaban J connectivity index is 1.81. The van der Waals surface area contributed by atoms with E-state index in [9.17, 15) is 13.9 Å². The minimum absolute atomic E-state index is 0.385. The van der Waals surface area contributed by atoms with Crippen molar-refractivity contribution < 1.29 is 13.9 Å². The van der Waals surface area contributed by atoms with Gasteiger partial charge in [-0.15, -0.1) is 0 Å². The number of aliphatic hydroxyl groups is 1. The highest BCUT2D eigenvalue weighted by atomic mass is 19.2. The Kier molecular flexibility index (Phi) is 4.30. The summed E-state index contributed by atoms with van der Waals surface area (Å²) in [4.78, 5) is 0. The molecule has 1 aromatic carbocycles. The molecular weight excluding hydrogens is 236 g/mol. The molecule has 3 atom stereocenters. The lowest BCUT2D eigenvalue weighted by Gasteiger charge is -2.12. The summed E-state index contributed by atoms with van der Waals surface area (Å²) in [5, 5.41) is 13.1. The van der Waals surface area contributed by atoms with Crippen LogP contribution >= 0.6 is 0 Å². The van der Waals surface area contributed by atoms with Gasteiger partial charge in [-0.3, -0.25) is 0 Å². The molecule has 0 bridgehead atoms. The molecule has 0 aliphatic heterocycles. The first-order valence-corrected chi connectivity index (χ1v) is 6.48. The third kappa shape index (κ3) is 3.27. The molecule has 1 aliphatic carbocycles. The molecule has 4 heteroatoms. The number of halogens is 2. The van der Waals surface area contributed by atoms with E-state index >= 15 is 0 Å². The van der Waals surface area contributed by atoms with Crippen LogP contribution in [0.5, 0.6) is 0 Å². The van der Waals surface area contributed by atoms with E-state index in [1.165, 1.54) is 18.9 Å². The zero-order valence-corrected chi connectivity index (χ0v) is 10.5. The summed E-state index contributed by atoms with van der Waals surface area (Å²) in [7, 11) is 0. The van der Waals surface area contributed by atoms with Gasteiger partial charge in [0.15, 0.2) is 11.6 Å². The van der Waals surface area contributed by atoms with E-state index in [-0.39, 0.29) is 0 Å². The van der Waals surface area contributed by atoms with E-state index in [2.05, 4.69) is 12.2 Å². The molecule has 0 radical (unpaired) electrons. The van der Waals surface area contributed by atoms with Gasteiger partial charge in [-0.1, -0.05) is 19.4 Å². The van der Waals surface area contributed by atoms with Crippen molar-refractivity contribution >= 4 is 0 Å². The SMILES string of the molecule is CCCC1CC1NCC(O)c1ccc(F)c(F)c1. The van der Waals surface area contributed by atoms with Crippen LogP contribution in [0, 0.1) is 17.6 Å². The van der Waals surface area contributed by atoms with Gasteiger partial charge in [0, 0.05) is 12.6 Å². The lowest BCUT2D eigenvalue weighted by atomic mass is 10.1. The van der Waals surface area contributed by atoms with Crippen molar-refractivity contribution in [1.29, 1.82) is 0 Å². The molecule has 2 rings (SSSR count). The number of aliphatic hydroxyl groups excluding tert-OH is 1. The molecule has 0 saturated heterocycles. The fourth-order valence-corrected chi connectivity index (χ4v) is 2.29. The minimum Gasteiger partial charge on any atom is -0.387 e. The Bertz CT molecular complexity index is 411. The molecule has 1 aliphatic rings. The second-order valence-electron chi connectivity index (χ2n) is 4.99. The molecule has 2 N–H and O–H groups in total. The third-order valence-electron chi connectivity index (χ3n) is 3.48. The molecule has 100 valence electrons. The molecule has 0 heterocycles. The summed E-state index contributed by atoms with van der Waals surface area (Å²) >= 11 is 0. The number of hydrogen-bond donors (Lipinski definition) is 2. The van der Waals surface area contributed by atoms with Crippen LogP contribution in [0.4, 0.5) is 8.78 Å². The molecule has 18 heavy (non-hydrogen) atoms. The summed E-state index contributed by atoms with van der Waals surface area (Å²) in [6, 6.07) is 3.99. The van der Waals surface area contributed by atoms with Crippen LogP contribution in [-0.2, 0) is 0 Å². The lowest BCUT2D eigenvalue weighted by molar-refractivity contribution is 0.173. The van der Waals surface area contributed by atoms with Gasteiger partial charge in [0.05, 0.1) is 6.10 Å². The van der Waals surface area contributed by atoms with Crippen molar-refractivity contribution in [1.82, 2.24) is 5.32 Å². The van der Waals surface area contributed by atoms with Crippen LogP contribution in [0.15, 0.2) is 18.2 Å². The monoisotopic (exact) mass is 255 g/mol. The quantitative estimate of drug-likeness (QED) is 0.819. The summed E-state index contributed by atoms with van der Waals surface area (Å²) in [5.74, 6) is -1.09. The minimum atomic E-state index is -0.915. The van der Waals surface area contributed by atoms with Gasteiger partial charge < -0.3 is 10.4 Å². The topological polar surface area (TPSA) is 32.3 Å². The van der Waals surface area contributed by atoms with Gasteiger partial charge in [0.2, 0.25) is 0 Å². The Hall–Kier alpha value is -1.00. The Morgan fingerprint density at radius 3 is 2.83 bits per heavy atom. The zero-order valence-electron chi connectivity index (χ0n) is 10.5. The number of nitrogens with one attached hydrogen (secondary N) is 1. The summed E-state index contributed by atoms with van der Waals surface area (Å²) in [6.07, 6.45) is 2.74. The molecular formula is C14H19F2NO. The first-order valence-electron chi connectivity index (χ1n) is 6.48. The van der Waals surface area contributed by atoms with Gasteiger partial charge in [-0.25, -0.2) is 8.78 Å². The average molecular weight is 255 g/mol. The molecule has 2 nitrogen and oxygen atoms in total. The van der Waals surface area contributed by atoms with Crippen molar-refractivity contribution in [2.24, 2.45) is 5.92 Å². The zero-order chi connectivity index (χ0) is 13.1. The summed E-state index contributed by atoms with van der Waals surface area (Å²) < 4.78 is 25.8. The van der Waals surface area contributed by atoms with Gasteiger partial charge >= 0.3 is 0 Å². The fraction of sp³-hybridized carbons (Fsp3) is 0.571. The highest BCUT2D eigenvalue weighted by Crippen LogP contribution is 2.34. The van der Waals surface area contributed by atoms with Crippen molar-refractivity contribution in [2.45, 2.75) is 38.3 Å². The van der Waals surface area contributed by atoms with Crippen LogP contribution in [0.1, 0.15) is 37.9 Å². The molecule has 1 aromatic rings. The lowest BCUT2D eigenvalue weighted by Crippen LogP contribution is -2.24. The third-order valence-corrected chi connectivity index (χ3v) is 3.48. The molecule has 0 amide bonds. The predicted molar refractivity (Wildman–Crippen MR) is 66.1 cm³/mol. The van der Waals surface area contributed by atoms with E-state index in [0.717, 1.165) is 18.6 Å². The Morgan fingerprint density at radius 1 is 1.39 bits per heavy atom. The second kappa shape index (κ2) is 5.76. The largest absolute Gasteiger partial charge is 0.387 e. The summed E-state index contributed by atoms with van der Waals surface area (Å²) in [5.41, 5.74) is 0.411. The predicted octanol–water partition coefficient (Wildman–Crippen LogP) is 2.78. The van der Waals surface area contributed by atoms with Crippen LogP contribution in [0.25, 0.3) is 0 Å². The first-order chi connectivity index (χ1) is 8.61. The van der Waals surface area contributed by atoms with E-state index in [1.54, 1.807) is 0 Å². The van der Waals surface area contributed by atoms with E-state index < -0.39 is 17.7 Å². The highest BCUT2D eigenvalue weighted by molar-refractivity contribution is 5.20. The molecule has 3 unspecified atom stereocenters. The van der Waals surface area contributed by atoms with E-state index in [0.29, 0.717) is 24.1 Å². The van der Waals surface area contributed by atoms with E-state index in [4.69, 9.17) is 0 Å². The van der Waals surface area contributed by atoms with E-state index in [1.807, 2.05) is 0 Å². The van der Waals surface area contributed by atoms with Crippen LogP contribution in [0.2, 0.25) is 0 Å². The second-order valence-corrected chi connectivity index (χ2v) is 4.99. The molecule has 0 aromatic heterocycles. The van der Waals surface area contributed by atoms with Crippen molar-refractivity contribution in [2.75, 3.05) is 6.54 Å². The maximum atomic E-state index is 13.0. The Morgan fingerprint density at radius 2 is 2.17 bits per heavy atom. The normalized spacial score (nSPS) is 24.0. The fourth-order valence-electron chi connectivity index (χ4n) is 2.29. The smallest absolute Gasteiger partial charge is 0.159 e. The molecule has 0 spiro atoms. The maximum Gasteiger partial charge on any atom is 0.159 e. The highest BCUT2D eigenvalue weighted by Gasteiger charge is 2.35. The van der Waals surface area contributed by atoms with Gasteiger partial charge in [-0.2, -0.15) is 0 Å². The standard InChI is InChI=1S/C14H19F2NO/c1-2-3-9-7-13(9)17-8-14(18)10-4-5-11(15)12(16)6-10/h4-6,9,13-14,17-18H,2-3,7-8H2,1H3. The first kappa shape index (κ1) is 13.4. The van der Waals surface area contributed by atoms with Crippen LogP contribution < -0.4 is 5.32 Å².